The second-order valence-electron chi connectivity index (χ2n) is 3.75. The Kier molecular flexibility index (Phi) is 4.13. The van der Waals surface area contributed by atoms with Crippen molar-refractivity contribution in [1.82, 2.24) is 0 Å². The van der Waals surface area contributed by atoms with E-state index in [0.29, 0.717) is 12.0 Å². The van der Waals surface area contributed by atoms with E-state index in [9.17, 15) is 24.7 Å². The van der Waals surface area contributed by atoms with Crippen molar-refractivity contribution >= 4 is 17.1 Å². The summed E-state index contributed by atoms with van der Waals surface area (Å²) in [5.74, 6) is 0. The molecule has 98 valence electrons. The van der Waals surface area contributed by atoms with Crippen LogP contribution in [0.1, 0.15) is 18.9 Å². The zero-order valence-electron chi connectivity index (χ0n) is 9.92. The van der Waals surface area contributed by atoms with Gasteiger partial charge in [-0.1, -0.05) is 11.4 Å². The molecule has 0 radical (unpaired) electrons. The highest BCUT2D eigenvalue weighted by atomic mass is 19.2. The third-order valence-corrected chi connectivity index (χ3v) is 2.27. The SMILES string of the molecule is CCCN(F)c1c([N+](=O)[O-])cc(C)cc1[N+](=O)[O-]. The summed E-state index contributed by atoms with van der Waals surface area (Å²) < 4.78 is 13.7. The van der Waals surface area contributed by atoms with E-state index in [1.165, 1.54) is 6.92 Å². The first-order valence-electron chi connectivity index (χ1n) is 5.25. The van der Waals surface area contributed by atoms with Crippen LogP contribution in [-0.4, -0.2) is 16.4 Å². The molecule has 0 aromatic heterocycles. The fraction of sp³-hybridized carbons (Fsp3) is 0.400. The number of nitro benzene ring substituents is 2. The Balaban J connectivity index is 3.50. The zero-order valence-corrected chi connectivity index (χ0v) is 9.92. The normalized spacial score (nSPS) is 10.2. The third-order valence-electron chi connectivity index (χ3n) is 2.27. The number of rotatable bonds is 5. The van der Waals surface area contributed by atoms with Crippen molar-refractivity contribution < 1.29 is 14.3 Å². The summed E-state index contributed by atoms with van der Waals surface area (Å²) in [4.78, 5) is 20.1. The van der Waals surface area contributed by atoms with E-state index in [-0.39, 0.29) is 11.7 Å². The summed E-state index contributed by atoms with van der Waals surface area (Å²) in [6, 6.07) is 2.23. The van der Waals surface area contributed by atoms with Crippen LogP contribution >= 0.6 is 0 Å². The maximum Gasteiger partial charge on any atom is 0.302 e. The lowest BCUT2D eigenvalue weighted by molar-refractivity contribution is -0.393. The molecule has 0 bridgehead atoms. The second-order valence-corrected chi connectivity index (χ2v) is 3.75. The van der Waals surface area contributed by atoms with Gasteiger partial charge in [0, 0.05) is 12.1 Å². The van der Waals surface area contributed by atoms with Gasteiger partial charge < -0.3 is 0 Å². The average Bonchev–Trinajstić information content (AvgIpc) is 2.27. The van der Waals surface area contributed by atoms with Crippen molar-refractivity contribution in [3.8, 4) is 0 Å². The van der Waals surface area contributed by atoms with Crippen LogP contribution in [0, 0.1) is 27.2 Å². The Hall–Kier alpha value is -2.25. The van der Waals surface area contributed by atoms with Gasteiger partial charge in [0.05, 0.1) is 16.4 Å². The van der Waals surface area contributed by atoms with Crippen LogP contribution in [0.25, 0.3) is 0 Å². The summed E-state index contributed by atoms with van der Waals surface area (Å²) in [6.07, 6.45) is 0.374. The van der Waals surface area contributed by atoms with Gasteiger partial charge in [-0.05, 0) is 18.9 Å². The molecule has 1 aromatic rings. The van der Waals surface area contributed by atoms with Gasteiger partial charge in [0.2, 0.25) is 5.69 Å². The highest BCUT2D eigenvalue weighted by Crippen LogP contribution is 2.38. The topological polar surface area (TPSA) is 89.5 Å². The maximum absolute atomic E-state index is 13.7. The number of anilines is 1. The van der Waals surface area contributed by atoms with Crippen molar-refractivity contribution in [2.45, 2.75) is 20.3 Å². The van der Waals surface area contributed by atoms with E-state index < -0.39 is 26.9 Å². The van der Waals surface area contributed by atoms with Crippen molar-refractivity contribution in [1.29, 1.82) is 0 Å². The van der Waals surface area contributed by atoms with Gasteiger partial charge in [0.1, 0.15) is 0 Å². The number of hydrogen-bond acceptors (Lipinski definition) is 5. The quantitative estimate of drug-likeness (QED) is 0.459. The van der Waals surface area contributed by atoms with Gasteiger partial charge >= 0.3 is 11.4 Å². The Labute approximate surface area is 102 Å². The lowest BCUT2D eigenvalue weighted by Gasteiger charge is -2.13. The van der Waals surface area contributed by atoms with Gasteiger partial charge in [-0.15, -0.1) is 0 Å². The molecule has 1 aromatic carbocycles. The molecule has 0 atom stereocenters. The Morgan fingerprint density at radius 2 is 1.67 bits per heavy atom. The standard InChI is InChI=1S/C10H12FN3O4/c1-3-4-12(11)10-8(13(15)16)5-7(2)6-9(10)14(17)18/h5-6H,3-4H2,1-2H3. The number of aryl methyl sites for hydroxylation is 1. The molecular weight excluding hydrogens is 245 g/mol. The molecule has 0 aliphatic carbocycles. The number of nitrogens with zero attached hydrogens (tertiary/aromatic N) is 3. The number of halogens is 1. The molecule has 8 heteroatoms. The summed E-state index contributed by atoms with van der Waals surface area (Å²) in [5, 5.41) is 21.7. The molecule has 0 heterocycles. The molecular formula is C10H12FN3O4. The van der Waals surface area contributed by atoms with Gasteiger partial charge in [-0.3, -0.25) is 20.2 Å². The molecule has 0 spiro atoms. The van der Waals surface area contributed by atoms with E-state index in [1.807, 2.05) is 0 Å². The third kappa shape index (κ3) is 2.70. The summed E-state index contributed by atoms with van der Waals surface area (Å²) in [5.41, 5.74) is -1.46. The summed E-state index contributed by atoms with van der Waals surface area (Å²) in [6.45, 7) is 3.00. The largest absolute Gasteiger partial charge is 0.302 e. The lowest BCUT2D eigenvalue weighted by atomic mass is 10.1. The van der Waals surface area contributed by atoms with Crippen LogP contribution in [0.15, 0.2) is 12.1 Å². The molecule has 0 unspecified atom stereocenters. The van der Waals surface area contributed by atoms with E-state index in [4.69, 9.17) is 0 Å². The van der Waals surface area contributed by atoms with Crippen LogP contribution in [0.3, 0.4) is 0 Å². The monoisotopic (exact) mass is 257 g/mol. The predicted octanol–water partition coefficient (Wildman–Crippen LogP) is 2.91. The Bertz CT molecular complexity index is 457. The van der Waals surface area contributed by atoms with E-state index >= 15 is 0 Å². The van der Waals surface area contributed by atoms with Gasteiger partial charge in [-0.25, -0.2) is 0 Å². The average molecular weight is 257 g/mol. The highest BCUT2D eigenvalue weighted by Gasteiger charge is 2.30. The molecule has 18 heavy (non-hydrogen) atoms. The molecule has 0 aliphatic heterocycles. The van der Waals surface area contributed by atoms with Crippen molar-refractivity contribution in [3.05, 3.63) is 37.9 Å². The minimum atomic E-state index is -0.822. The summed E-state index contributed by atoms with van der Waals surface area (Å²) in [7, 11) is 0. The van der Waals surface area contributed by atoms with E-state index in [0.717, 1.165) is 12.1 Å². The molecule has 0 fully saturated rings. The van der Waals surface area contributed by atoms with Crippen molar-refractivity contribution in [3.63, 3.8) is 0 Å². The molecule has 7 nitrogen and oxygen atoms in total. The first-order chi connectivity index (χ1) is 8.38. The van der Waals surface area contributed by atoms with E-state index in [2.05, 4.69) is 0 Å². The van der Waals surface area contributed by atoms with Crippen LogP contribution in [-0.2, 0) is 0 Å². The lowest BCUT2D eigenvalue weighted by Crippen LogP contribution is -2.16. The number of benzene rings is 1. The smallest absolute Gasteiger partial charge is 0.258 e. The fourth-order valence-electron chi connectivity index (χ4n) is 1.58. The zero-order chi connectivity index (χ0) is 13.9. The van der Waals surface area contributed by atoms with Crippen LogP contribution in [0.5, 0.6) is 0 Å². The van der Waals surface area contributed by atoms with Crippen molar-refractivity contribution in [2.24, 2.45) is 0 Å². The fourth-order valence-corrected chi connectivity index (χ4v) is 1.58. The minimum absolute atomic E-state index is 0.0513. The van der Waals surface area contributed by atoms with Gasteiger partial charge in [0.25, 0.3) is 0 Å². The molecule has 0 saturated carbocycles. The first kappa shape index (κ1) is 13.8. The van der Waals surface area contributed by atoms with Gasteiger partial charge in [-0.2, -0.15) is 5.12 Å². The van der Waals surface area contributed by atoms with E-state index in [1.54, 1.807) is 6.92 Å². The number of nitro groups is 2. The maximum atomic E-state index is 13.7. The Morgan fingerprint density at radius 3 is 2.00 bits per heavy atom. The molecule has 0 aliphatic rings. The van der Waals surface area contributed by atoms with Crippen LogP contribution in [0.2, 0.25) is 0 Å². The highest BCUT2D eigenvalue weighted by molar-refractivity contribution is 5.74. The molecule has 1 rings (SSSR count). The molecule has 0 amide bonds. The second kappa shape index (κ2) is 5.39. The molecule has 0 N–H and O–H groups in total. The van der Waals surface area contributed by atoms with Crippen molar-refractivity contribution in [2.75, 3.05) is 11.7 Å². The predicted molar refractivity (Wildman–Crippen MR) is 63.2 cm³/mol. The molecule has 0 saturated heterocycles. The van der Waals surface area contributed by atoms with Crippen LogP contribution < -0.4 is 5.12 Å². The Morgan fingerprint density at radius 1 is 1.22 bits per heavy atom. The first-order valence-corrected chi connectivity index (χ1v) is 5.25. The summed E-state index contributed by atoms with van der Waals surface area (Å²) >= 11 is 0. The van der Waals surface area contributed by atoms with Gasteiger partial charge in [0.15, 0.2) is 0 Å². The minimum Gasteiger partial charge on any atom is -0.258 e. The number of hydrogen-bond donors (Lipinski definition) is 0. The van der Waals surface area contributed by atoms with Crippen LogP contribution in [0.4, 0.5) is 21.5 Å².